The number of thiazole rings is 1. The Morgan fingerprint density at radius 3 is 2.63 bits per heavy atom. The summed E-state index contributed by atoms with van der Waals surface area (Å²) in [6, 6.07) is 5.77. The van der Waals surface area contributed by atoms with Gasteiger partial charge in [-0.3, -0.25) is 0 Å². The SMILES string of the molecule is CCNC(=NCc1ccc(OC)cc1OC)NCCc1ncc(CC)s1.I. The molecule has 0 spiro atoms. The lowest BCUT2D eigenvalue weighted by molar-refractivity contribution is 0.391. The lowest BCUT2D eigenvalue weighted by Gasteiger charge is -2.12. The van der Waals surface area contributed by atoms with Crippen LogP contribution < -0.4 is 20.1 Å². The van der Waals surface area contributed by atoms with Gasteiger partial charge >= 0.3 is 0 Å². The molecule has 1 aromatic carbocycles. The number of aryl methyl sites for hydroxylation is 1. The van der Waals surface area contributed by atoms with Gasteiger partial charge in [0, 0.05) is 42.2 Å². The average molecular weight is 504 g/mol. The zero-order valence-electron chi connectivity index (χ0n) is 16.4. The molecule has 1 aromatic heterocycles. The van der Waals surface area contributed by atoms with Crippen LogP contribution in [0.5, 0.6) is 11.5 Å². The summed E-state index contributed by atoms with van der Waals surface area (Å²) in [5.74, 6) is 2.34. The highest BCUT2D eigenvalue weighted by Gasteiger charge is 2.06. The van der Waals surface area contributed by atoms with Gasteiger partial charge < -0.3 is 20.1 Å². The molecule has 0 aliphatic heterocycles. The topological polar surface area (TPSA) is 67.8 Å². The number of guanidine groups is 1. The average Bonchev–Trinajstić information content (AvgIpc) is 3.14. The van der Waals surface area contributed by atoms with Crippen molar-refractivity contribution in [3.63, 3.8) is 0 Å². The molecular formula is C19H29IN4O2S. The van der Waals surface area contributed by atoms with Crippen molar-refractivity contribution in [2.75, 3.05) is 27.3 Å². The molecule has 2 N–H and O–H groups in total. The molecule has 150 valence electrons. The summed E-state index contributed by atoms with van der Waals surface area (Å²) >= 11 is 1.78. The molecule has 0 radical (unpaired) electrons. The number of hydrogen-bond donors (Lipinski definition) is 2. The van der Waals surface area contributed by atoms with E-state index in [1.807, 2.05) is 24.4 Å². The van der Waals surface area contributed by atoms with Gasteiger partial charge in [0.2, 0.25) is 0 Å². The fraction of sp³-hybridized carbons (Fsp3) is 0.474. The molecule has 8 heteroatoms. The van der Waals surface area contributed by atoms with Crippen molar-refractivity contribution in [2.45, 2.75) is 33.2 Å². The lowest BCUT2D eigenvalue weighted by Crippen LogP contribution is -2.38. The molecule has 6 nitrogen and oxygen atoms in total. The molecule has 1 heterocycles. The molecule has 0 fully saturated rings. The Bertz CT molecular complexity index is 721. The van der Waals surface area contributed by atoms with E-state index in [0.29, 0.717) is 6.54 Å². The number of rotatable bonds is 9. The van der Waals surface area contributed by atoms with Gasteiger partial charge in [0.05, 0.1) is 25.8 Å². The van der Waals surface area contributed by atoms with Crippen LogP contribution in [-0.2, 0) is 19.4 Å². The minimum Gasteiger partial charge on any atom is -0.497 e. The molecular weight excluding hydrogens is 475 g/mol. The molecule has 0 saturated heterocycles. The summed E-state index contributed by atoms with van der Waals surface area (Å²) in [6.07, 6.45) is 3.90. The van der Waals surface area contributed by atoms with Gasteiger partial charge in [-0.25, -0.2) is 9.98 Å². The van der Waals surface area contributed by atoms with Gasteiger partial charge in [-0.05, 0) is 25.5 Å². The van der Waals surface area contributed by atoms with Crippen LogP contribution >= 0.6 is 35.3 Å². The van der Waals surface area contributed by atoms with Crippen LogP contribution in [0.1, 0.15) is 29.3 Å². The molecule has 0 atom stereocenters. The normalized spacial score (nSPS) is 10.9. The van der Waals surface area contributed by atoms with Crippen LogP contribution in [0.25, 0.3) is 0 Å². The maximum absolute atomic E-state index is 5.44. The van der Waals surface area contributed by atoms with E-state index in [1.165, 1.54) is 4.88 Å². The van der Waals surface area contributed by atoms with Gasteiger partial charge in [-0.2, -0.15) is 0 Å². The van der Waals surface area contributed by atoms with Crippen LogP contribution in [-0.4, -0.2) is 38.3 Å². The Morgan fingerprint density at radius 1 is 1.19 bits per heavy atom. The lowest BCUT2D eigenvalue weighted by atomic mass is 10.2. The summed E-state index contributed by atoms with van der Waals surface area (Å²) in [5.41, 5.74) is 1.01. The van der Waals surface area contributed by atoms with Crippen molar-refractivity contribution < 1.29 is 9.47 Å². The van der Waals surface area contributed by atoms with E-state index in [2.05, 4.69) is 34.5 Å². The number of aliphatic imine (C=N–C) groups is 1. The van der Waals surface area contributed by atoms with Crippen molar-refractivity contribution in [3.05, 3.63) is 39.8 Å². The first-order valence-corrected chi connectivity index (χ1v) is 9.68. The van der Waals surface area contributed by atoms with Crippen LogP contribution in [0, 0.1) is 0 Å². The Labute approximate surface area is 182 Å². The third kappa shape index (κ3) is 7.53. The minimum atomic E-state index is 0. The quantitative estimate of drug-likeness (QED) is 0.310. The summed E-state index contributed by atoms with van der Waals surface area (Å²) in [6.45, 7) is 6.34. The molecule has 0 aliphatic rings. The minimum absolute atomic E-state index is 0. The van der Waals surface area contributed by atoms with E-state index >= 15 is 0 Å². The smallest absolute Gasteiger partial charge is 0.191 e. The molecule has 2 rings (SSSR count). The molecule has 27 heavy (non-hydrogen) atoms. The Balaban J connectivity index is 0.00000364. The first kappa shape index (κ1) is 23.5. The Hall–Kier alpha value is -1.55. The summed E-state index contributed by atoms with van der Waals surface area (Å²) in [7, 11) is 3.30. The third-order valence-electron chi connectivity index (χ3n) is 3.83. The number of nitrogens with one attached hydrogen (secondary N) is 2. The number of benzene rings is 1. The molecule has 0 aliphatic carbocycles. The van der Waals surface area contributed by atoms with Gasteiger partial charge in [-0.1, -0.05) is 6.92 Å². The zero-order valence-corrected chi connectivity index (χ0v) is 19.5. The molecule has 2 aromatic rings. The van der Waals surface area contributed by atoms with Crippen LogP contribution in [0.3, 0.4) is 0 Å². The summed E-state index contributed by atoms with van der Waals surface area (Å²) in [5, 5.41) is 7.79. The van der Waals surface area contributed by atoms with E-state index in [-0.39, 0.29) is 24.0 Å². The molecule has 0 bridgehead atoms. The maximum atomic E-state index is 5.44. The van der Waals surface area contributed by atoms with Crippen molar-refractivity contribution in [1.29, 1.82) is 0 Å². The zero-order chi connectivity index (χ0) is 18.8. The van der Waals surface area contributed by atoms with Crippen molar-refractivity contribution in [1.82, 2.24) is 15.6 Å². The van der Waals surface area contributed by atoms with Gasteiger partial charge in [-0.15, -0.1) is 35.3 Å². The molecule has 0 unspecified atom stereocenters. The maximum Gasteiger partial charge on any atom is 0.191 e. The number of nitrogens with zero attached hydrogens (tertiary/aromatic N) is 2. The van der Waals surface area contributed by atoms with Crippen LogP contribution in [0.15, 0.2) is 29.4 Å². The fourth-order valence-corrected chi connectivity index (χ4v) is 3.27. The first-order valence-electron chi connectivity index (χ1n) is 8.86. The molecule has 0 amide bonds. The fourth-order valence-electron chi connectivity index (χ4n) is 2.40. The van der Waals surface area contributed by atoms with Crippen LogP contribution in [0.2, 0.25) is 0 Å². The monoisotopic (exact) mass is 504 g/mol. The highest BCUT2D eigenvalue weighted by Crippen LogP contribution is 2.25. The predicted molar refractivity (Wildman–Crippen MR) is 123 cm³/mol. The Morgan fingerprint density at radius 2 is 2.00 bits per heavy atom. The van der Waals surface area contributed by atoms with E-state index in [4.69, 9.17) is 9.47 Å². The highest BCUT2D eigenvalue weighted by atomic mass is 127. The standard InChI is InChI=1S/C19H28N4O2S.HI/c1-5-16-13-22-18(26-16)9-10-21-19(20-6-2)23-12-14-7-8-15(24-3)11-17(14)25-4;/h7-8,11,13H,5-6,9-10,12H2,1-4H3,(H2,20,21,23);1H. The van der Waals surface area contributed by atoms with E-state index in [1.54, 1.807) is 25.6 Å². The highest BCUT2D eigenvalue weighted by molar-refractivity contribution is 14.0. The third-order valence-corrected chi connectivity index (χ3v) is 5.03. The summed E-state index contributed by atoms with van der Waals surface area (Å²) < 4.78 is 10.7. The summed E-state index contributed by atoms with van der Waals surface area (Å²) in [4.78, 5) is 10.4. The predicted octanol–water partition coefficient (Wildman–Crippen LogP) is 3.64. The first-order chi connectivity index (χ1) is 12.7. The van der Waals surface area contributed by atoms with Crippen molar-refractivity contribution in [2.24, 2.45) is 4.99 Å². The van der Waals surface area contributed by atoms with Gasteiger partial charge in [0.25, 0.3) is 0 Å². The van der Waals surface area contributed by atoms with E-state index in [0.717, 1.165) is 54.0 Å². The second-order valence-corrected chi connectivity index (χ2v) is 6.82. The van der Waals surface area contributed by atoms with Crippen LogP contribution in [0.4, 0.5) is 0 Å². The number of ether oxygens (including phenoxy) is 2. The molecule has 0 saturated carbocycles. The second-order valence-electron chi connectivity index (χ2n) is 5.62. The number of hydrogen-bond acceptors (Lipinski definition) is 5. The number of aromatic nitrogens is 1. The van der Waals surface area contributed by atoms with E-state index in [9.17, 15) is 0 Å². The van der Waals surface area contributed by atoms with Crippen molar-refractivity contribution >= 4 is 41.3 Å². The van der Waals surface area contributed by atoms with Gasteiger partial charge in [0.1, 0.15) is 11.5 Å². The number of halogens is 1. The largest absolute Gasteiger partial charge is 0.497 e. The van der Waals surface area contributed by atoms with E-state index < -0.39 is 0 Å². The second kappa shape index (κ2) is 12.8. The van der Waals surface area contributed by atoms with Gasteiger partial charge in [0.15, 0.2) is 5.96 Å². The Kier molecular flexibility index (Phi) is 11.1. The van der Waals surface area contributed by atoms with Crippen molar-refractivity contribution in [3.8, 4) is 11.5 Å². The number of methoxy groups -OCH3 is 2.